The van der Waals surface area contributed by atoms with Gasteiger partial charge in [0.1, 0.15) is 0 Å². The molecule has 11 heteroatoms. The van der Waals surface area contributed by atoms with Gasteiger partial charge >= 0.3 is 0 Å². The Morgan fingerprint density at radius 2 is 1.41 bits per heavy atom. The molecule has 0 unspecified atom stereocenters. The number of amides is 2. The zero-order valence-corrected chi connectivity index (χ0v) is 25.8. The monoisotopic (exact) mass is 610 g/mol. The molecule has 2 fully saturated rings. The Morgan fingerprint density at radius 1 is 0.727 bits per heavy atom. The van der Waals surface area contributed by atoms with Gasteiger partial charge in [-0.1, -0.05) is 53.8 Å². The fourth-order valence-electron chi connectivity index (χ4n) is 5.48. The summed E-state index contributed by atoms with van der Waals surface area (Å²) in [4.78, 5) is 34.6. The third-order valence-electron chi connectivity index (χ3n) is 8.13. The third-order valence-corrected chi connectivity index (χ3v) is 9.03. The van der Waals surface area contributed by atoms with E-state index in [9.17, 15) is 9.59 Å². The number of nitrogens with zero attached hydrogens (tertiary/aromatic N) is 6. The number of benzene rings is 3. The van der Waals surface area contributed by atoms with Crippen LogP contribution in [0.3, 0.4) is 0 Å². The fourth-order valence-corrected chi connectivity index (χ4v) is 6.29. The van der Waals surface area contributed by atoms with Crippen LogP contribution in [0, 0.1) is 0 Å². The molecule has 0 atom stereocenters. The SMILES string of the molecule is CN1CCN(c2ccc(NC(=O)c3ccc(CN4CCN(c5nnc(NC(=O)Cc6ccccc6)s5)CC4)cc3)cc2)CC1. The number of aromatic nitrogens is 2. The van der Waals surface area contributed by atoms with Crippen LogP contribution in [-0.4, -0.2) is 91.2 Å². The summed E-state index contributed by atoms with van der Waals surface area (Å²) in [6.07, 6.45) is 0.311. The Labute approximate surface area is 262 Å². The van der Waals surface area contributed by atoms with Gasteiger partial charge in [-0.25, -0.2) is 0 Å². The maximum Gasteiger partial charge on any atom is 0.255 e. The van der Waals surface area contributed by atoms with Gasteiger partial charge in [0.2, 0.25) is 16.2 Å². The van der Waals surface area contributed by atoms with Crippen LogP contribution in [0.2, 0.25) is 0 Å². The van der Waals surface area contributed by atoms with E-state index in [4.69, 9.17) is 0 Å². The molecule has 4 aromatic rings. The van der Waals surface area contributed by atoms with Gasteiger partial charge in [-0.3, -0.25) is 14.5 Å². The van der Waals surface area contributed by atoms with Crippen LogP contribution >= 0.6 is 11.3 Å². The predicted octanol–water partition coefficient (Wildman–Crippen LogP) is 4.05. The minimum absolute atomic E-state index is 0.0948. The maximum atomic E-state index is 12.9. The van der Waals surface area contributed by atoms with Gasteiger partial charge in [0.25, 0.3) is 5.91 Å². The number of carbonyl (C=O) groups excluding carboxylic acids is 2. The molecule has 228 valence electrons. The first-order valence-corrected chi connectivity index (χ1v) is 15.9. The Morgan fingerprint density at radius 3 is 2.11 bits per heavy atom. The molecule has 2 aliphatic heterocycles. The zero-order chi connectivity index (χ0) is 30.3. The second-order valence-electron chi connectivity index (χ2n) is 11.4. The first-order chi connectivity index (χ1) is 21.5. The van der Waals surface area contributed by atoms with Crippen molar-refractivity contribution in [2.24, 2.45) is 0 Å². The number of anilines is 4. The Balaban J connectivity index is 0.939. The number of hydrogen-bond acceptors (Lipinski definition) is 9. The van der Waals surface area contributed by atoms with Gasteiger partial charge in [-0.2, -0.15) is 0 Å². The zero-order valence-electron chi connectivity index (χ0n) is 25.0. The van der Waals surface area contributed by atoms with E-state index in [1.54, 1.807) is 0 Å². The number of hydrogen-bond donors (Lipinski definition) is 2. The maximum absolute atomic E-state index is 12.9. The highest BCUT2D eigenvalue weighted by Gasteiger charge is 2.21. The molecule has 3 heterocycles. The third kappa shape index (κ3) is 7.79. The lowest BCUT2D eigenvalue weighted by atomic mass is 10.1. The fraction of sp³-hybridized carbons (Fsp3) is 0.333. The van der Waals surface area contributed by atoms with Gasteiger partial charge in [-0.05, 0) is 54.6 Å². The molecule has 3 aromatic carbocycles. The van der Waals surface area contributed by atoms with Crippen LogP contribution in [-0.2, 0) is 17.8 Å². The summed E-state index contributed by atoms with van der Waals surface area (Å²) in [5.74, 6) is -0.201. The second kappa shape index (κ2) is 14.0. The molecule has 44 heavy (non-hydrogen) atoms. The number of piperazine rings is 2. The lowest BCUT2D eigenvalue weighted by Crippen LogP contribution is -2.45. The summed E-state index contributed by atoms with van der Waals surface area (Å²) in [5.41, 5.74) is 4.77. The van der Waals surface area contributed by atoms with Gasteiger partial charge in [0.15, 0.2) is 0 Å². The van der Waals surface area contributed by atoms with Crippen molar-refractivity contribution in [3.63, 3.8) is 0 Å². The van der Waals surface area contributed by atoms with Crippen molar-refractivity contribution in [2.75, 3.05) is 79.8 Å². The quantitative estimate of drug-likeness (QED) is 0.293. The highest BCUT2D eigenvalue weighted by Crippen LogP contribution is 2.26. The van der Waals surface area contributed by atoms with E-state index in [2.05, 4.69) is 59.6 Å². The summed E-state index contributed by atoms with van der Waals surface area (Å²) in [6, 6.07) is 25.6. The standard InChI is InChI=1S/C33H38N8O2S/c1-38-15-19-40(20-16-38)29-13-11-28(12-14-29)34-31(43)27-9-7-26(8-10-27)24-39-17-21-41(22-18-39)33-37-36-32(44-33)35-30(42)23-25-5-3-2-4-6-25/h2-14H,15-24H2,1H3,(H,34,43)(H,35,36,42). The Kier molecular flexibility index (Phi) is 9.45. The molecular weight excluding hydrogens is 572 g/mol. The van der Waals surface area contributed by atoms with Gasteiger partial charge in [-0.15, -0.1) is 10.2 Å². The van der Waals surface area contributed by atoms with Gasteiger partial charge < -0.3 is 25.3 Å². The number of nitrogens with one attached hydrogen (secondary N) is 2. The Bertz CT molecular complexity index is 1530. The lowest BCUT2D eigenvalue weighted by Gasteiger charge is -2.34. The van der Waals surface area contributed by atoms with Crippen molar-refractivity contribution in [1.29, 1.82) is 0 Å². The van der Waals surface area contributed by atoms with Crippen LogP contribution in [0.1, 0.15) is 21.5 Å². The summed E-state index contributed by atoms with van der Waals surface area (Å²) in [7, 11) is 2.15. The molecule has 0 radical (unpaired) electrons. The average molecular weight is 611 g/mol. The summed E-state index contributed by atoms with van der Waals surface area (Å²) in [6.45, 7) is 8.43. The minimum Gasteiger partial charge on any atom is -0.369 e. The number of carbonyl (C=O) groups is 2. The number of rotatable bonds is 9. The highest BCUT2D eigenvalue weighted by atomic mass is 32.1. The average Bonchev–Trinajstić information content (AvgIpc) is 3.51. The molecule has 2 aliphatic rings. The lowest BCUT2D eigenvalue weighted by molar-refractivity contribution is -0.115. The van der Waals surface area contributed by atoms with Crippen LogP contribution in [0.4, 0.5) is 21.6 Å². The largest absolute Gasteiger partial charge is 0.369 e. The van der Waals surface area contributed by atoms with Crippen molar-refractivity contribution in [3.05, 3.63) is 95.6 Å². The first-order valence-electron chi connectivity index (χ1n) is 15.1. The molecule has 0 spiro atoms. The van der Waals surface area contributed by atoms with Crippen molar-refractivity contribution in [3.8, 4) is 0 Å². The Hall–Kier alpha value is -4.32. The number of likely N-dealkylation sites (N-methyl/N-ethyl adjacent to an activating group) is 1. The van der Waals surface area contributed by atoms with Gasteiger partial charge in [0, 0.05) is 75.8 Å². The van der Waals surface area contributed by atoms with E-state index < -0.39 is 0 Å². The summed E-state index contributed by atoms with van der Waals surface area (Å²) < 4.78 is 0. The van der Waals surface area contributed by atoms with Crippen LogP contribution in [0.25, 0.3) is 0 Å². The van der Waals surface area contributed by atoms with Crippen LogP contribution in [0.5, 0.6) is 0 Å². The van der Waals surface area contributed by atoms with E-state index in [0.29, 0.717) is 17.1 Å². The van der Waals surface area contributed by atoms with E-state index in [1.165, 1.54) is 22.6 Å². The van der Waals surface area contributed by atoms with E-state index >= 15 is 0 Å². The molecule has 2 N–H and O–H groups in total. The highest BCUT2D eigenvalue weighted by molar-refractivity contribution is 7.19. The molecule has 2 saturated heterocycles. The predicted molar refractivity (Wildman–Crippen MR) is 177 cm³/mol. The van der Waals surface area contributed by atoms with E-state index in [-0.39, 0.29) is 11.8 Å². The second-order valence-corrected chi connectivity index (χ2v) is 12.3. The molecule has 1 aromatic heterocycles. The van der Waals surface area contributed by atoms with E-state index in [1.807, 2.05) is 66.7 Å². The van der Waals surface area contributed by atoms with Gasteiger partial charge in [0.05, 0.1) is 6.42 Å². The first kappa shape index (κ1) is 29.7. The topological polar surface area (TPSA) is 96.9 Å². The molecule has 10 nitrogen and oxygen atoms in total. The molecular formula is C33H38N8O2S. The molecule has 2 amide bonds. The van der Waals surface area contributed by atoms with Crippen LogP contribution in [0.15, 0.2) is 78.9 Å². The van der Waals surface area contributed by atoms with E-state index in [0.717, 1.165) is 75.3 Å². The van der Waals surface area contributed by atoms with Crippen molar-refractivity contribution in [1.82, 2.24) is 20.0 Å². The molecule has 6 rings (SSSR count). The van der Waals surface area contributed by atoms with Crippen LogP contribution < -0.4 is 20.4 Å². The smallest absolute Gasteiger partial charge is 0.255 e. The summed E-state index contributed by atoms with van der Waals surface area (Å²) in [5, 5.41) is 15.7. The summed E-state index contributed by atoms with van der Waals surface area (Å²) >= 11 is 1.41. The molecule has 0 aliphatic carbocycles. The molecule has 0 saturated carbocycles. The molecule has 0 bridgehead atoms. The van der Waals surface area contributed by atoms with Crippen molar-refractivity contribution < 1.29 is 9.59 Å². The van der Waals surface area contributed by atoms with Crippen molar-refractivity contribution in [2.45, 2.75) is 13.0 Å². The minimum atomic E-state index is -0.106. The van der Waals surface area contributed by atoms with Crippen molar-refractivity contribution >= 4 is 44.8 Å². The normalized spacial score (nSPS) is 16.1.